The van der Waals surface area contributed by atoms with Gasteiger partial charge in [0.2, 0.25) is 0 Å². The number of nitrogen functional groups attached to an aromatic ring is 2. The lowest BCUT2D eigenvalue weighted by molar-refractivity contribution is 0.221. The van der Waals surface area contributed by atoms with E-state index in [1.165, 1.54) is 0 Å². The summed E-state index contributed by atoms with van der Waals surface area (Å²) in [7, 11) is 0. The molecular weight excluding hydrogens is 214 g/mol. The van der Waals surface area contributed by atoms with Gasteiger partial charge in [-0.05, 0) is 24.6 Å². The summed E-state index contributed by atoms with van der Waals surface area (Å²) in [6.45, 7) is 1.90. The van der Waals surface area contributed by atoms with E-state index in [-0.39, 0.29) is 0 Å². The molecule has 0 aliphatic carbocycles. The minimum Gasteiger partial charge on any atom is -0.398 e. The second-order valence-corrected chi connectivity index (χ2v) is 4.02. The van der Waals surface area contributed by atoms with E-state index in [4.69, 9.17) is 11.5 Å². The van der Waals surface area contributed by atoms with Crippen molar-refractivity contribution in [3.63, 3.8) is 0 Å². The first kappa shape index (κ1) is 11.4. The molecular formula is C13H15N3O. The summed E-state index contributed by atoms with van der Waals surface area (Å²) in [5.74, 6) is 0.325. The molecule has 0 radical (unpaired) electrons. The molecule has 1 heterocycles. The van der Waals surface area contributed by atoms with Crippen molar-refractivity contribution in [1.29, 1.82) is 0 Å². The van der Waals surface area contributed by atoms with Crippen molar-refractivity contribution in [3.05, 3.63) is 53.2 Å². The van der Waals surface area contributed by atoms with Gasteiger partial charge in [0.1, 0.15) is 11.9 Å². The van der Waals surface area contributed by atoms with Gasteiger partial charge in [-0.1, -0.05) is 18.2 Å². The van der Waals surface area contributed by atoms with Crippen LogP contribution in [0.4, 0.5) is 11.5 Å². The maximum Gasteiger partial charge on any atom is 0.129 e. The molecule has 0 saturated heterocycles. The van der Waals surface area contributed by atoms with Gasteiger partial charge in [-0.2, -0.15) is 0 Å². The van der Waals surface area contributed by atoms with Gasteiger partial charge in [0.25, 0.3) is 0 Å². The van der Waals surface area contributed by atoms with E-state index >= 15 is 0 Å². The Morgan fingerprint density at radius 1 is 1.18 bits per heavy atom. The number of nitrogens with zero attached hydrogens (tertiary/aromatic N) is 1. The maximum atomic E-state index is 10.3. The predicted octanol–water partition coefficient (Wildman–Crippen LogP) is 1.64. The second-order valence-electron chi connectivity index (χ2n) is 4.02. The number of nitrogens with two attached hydrogens (primary N) is 2. The summed E-state index contributed by atoms with van der Waals surface area (Å²) < 4.78 is 0. The smallest absolute Gasteiger partial charge is 0.129 e. The lowest BCUT2D eigenvalue weighted by Gasteiger charge is -2.15. The number of para-hydroxylation sites is 1. The van der Waals surface area contributed by atoms with Crippen molar-refractivity contribution in [1.82, 2.24) is 4.98 Å². The molecule has 2 rings (SSSR count). The highest BCUT2D eigenvalue weighted by molar-refractivity contribution is 5.54. The van der Waals surface area contributed by atoms with Gasteiger partial charge in [0.05, 0.1) is 0 Å². The molecule has 0 aliphatic rings. The van der Waals surface area contributed by atoms with Gasteiger partial charge >= 0.3 is 0 Å². The summed E-state index contributed by atoms with van der Waals surface area (Å²) in [5, 5.41) is 10.3. The van der Waals surface area contributed by atoms with Gasteiger partial charge < -0.3 is 16.6 Å². The number of anilines is 2. The van der Waals surface area contributed by atoms with Gasteiger partial charge in [-0.3, -0.25) is 0 Å². The zero-order chi connectivity index (χ0) is 12.4. The lowest BCUT2D eigenvalue weighted by atomic mass is 9.99. The fourth-order valence-electron chi connectivity index (χ4n) is 1.75. The van der Waals surface area contributed by atoms with Crippen molar-refractivity contribution in [2.75, 3.05) is 11.5 Å². The van der Waals surface area contributed by atoms with E-state index in [0.29, 0.717) is 22.6 Å². The van der Waals surface area contributed by atoms with Gasteiger partial charge in [0, 0.05) is 23.0 Å². The first-order valence-electron chi connectivity index (χ1n) is 5.34. The zero-order valence-electron chi connectivity index (χ0n) is 9.59. The molecule has 0 spiro atoms. The van der Waals surface area contributed by atoms with E-state index in [2.05, 4.69) is 4.98 Å². The average molecular weight is 229 g/mol. The lowest BCUT2D eigenvalue weighted by Crippen LogP contribution is -2.08. The van der Waals surface area contributed by atoms with Gasteiger partial charge in [-0.25, -0.2) is 4.98 Å². The Labute approximate surface area is 99.9 Å². The third-order valence-corrected chi connectivity index (χ3v) is 2.67. The Morgan fingerprint density at radius 2 is 1.88 bits per heavy atom. The number of aliphatic hydroxyl groups excluding tert-OH is 1. The number of benzene rings is 1. The Bertz CT molecular complexity index is 540. The summed E-state index contributed by atoms with van der Waals surface area (Å²) in [6, 6.07) is 9.00. The molecule has 0 bridgehead atoms. The van der Waals surface area contributed by atoms with Crippen molar-refractivity contribution in [3.8, 4) is 0 Å². The average Bonchev–Trinajstić information content (AvgIpc) is 2.32. The summed E-state index contributed by atoms with van der Waals surface area (Å²) in [6.07, 6.45) is 0.823. The largest absolute Gasteiger partial charge is 0.398 e. The molecule has 88 valence electrons. The topological polar surface area (TPSA) is 85.2 Å². The number of hydrogen-bond acceptors (Lipinski definition) is 4. The molecule has 0 aliphatic heterocycles. The Balaban J connectivity index is 2.47. The molecule has 1 unspecified atom stereocenters. The summed E-state index contributed by atoms with van der Waals surface area (Å²) >= 11 is 0. The van der Waals surface area contributed by atoms with Crippen LogP contribution in [0.2, 0.25) is 0 Å². The van der Waals surface area contributed by atoms with Crippen LogP contribution < -0.4 is 11.5 Å². The van der Waals surface area contributed by atoms with Crippen molar-refractivity contribution < 1.29 is 5.11 Å². The van der Waals surface area contributed by atoms with Crippen LogP contribution in [0.15, 0.2) is 36.5 Å². The van der Waals surface area contributed by atoms with Gasteiger partial charge in [0.15, 0.2) is 0 Å². The molecule has 5 N–H and O–H groups in total. The monoisotopic (exact) mass is 229 g/mol. The van der Waals surface area contributed by atoms with Gasteiger partial charge in [-0.15, -0.1) is 0 Å². The molecule has 0 amide bonds. The van der Waals surface area contributed by atoms with E-state index in [1.54, 1.807) is 18.3 Å². The minimum atomic E-state index is -0.844. The highest BCUT2D eigenvalue weighted by Gasteiger charge is 2.16. The SMILES string of the molecule is Cc1cnc(N)c(C(O)c2ccccc2N)c1. The molecule has 1 atom stereocenters. The Morgan fingerprint density at radius 3 is 2.59 bits per heavy atom. The first-order chi connectivity index (χ1) is 8.09. The normalized spacial score (nSPS) is 12.4. The number of aryl methyl sites for hydroxylation is 1. The minimum absolute atomic E-state index is 0.325. The molecule has 4 nitrogen and oxygen atoms in total. The fourth-order valence-corrected chi connectivity index (χ4v) is 1.75. The number of hydrogen-bond donors (Lipinski definition) is 3. The van der Waals surface area contributed by atoms with E-state index in [0.717, 1.165) is 5.56 Å². The highest BCUT2D eigenvalue weighted by atomic mass is 16.3. The van der Waals surface area contributed by atoms with Crippen LogP contribution in [0.5, 0.6) is 0 Å². The first-order valence-corrected chi connectivity index (χ1v) is 5.34. The van der Waals surface area contributed by atoms with Crippen LogP contribution in [0.1, 0.15) is 22.8 Å². The molecule has 0 saturated carbocycles. The predicted molar refractivity (Wildman–Crippen MR) is 68.3 cm³/mol. The number of aliphatic hydroxyl groups is 1. The van der Waals surface area contributed by atoms with Crippen LogP contribution in [-0.4, -0.2) is 10.1 Å². The van der Waals surface area contributed by atoms with Crippen LogP contribution in [0, 0.1) is 6.92 Å². The molecule has 0 fully saturated rings. The van der Waals surface area contributed by atoms with Crippen molar-refractivity contribution >= 4 is 11.5 Å². The highest BCUT2D eigenvalue weighted by Crippen LogP contribution is 2.29. The third kappa shape index (κ3) is 2.21. The quantitative estimate of drug-likeness (QED) is 0.683. The van der Waals surface area contributed by atoms with Crippen LogP contribution >= 0.6 is 0 Å². The van der Waals surface area contributed by atoms with E-state index in [9.17, 15) is 5.11 Å². The zero-order valence-corrected chi connectivity index (χ0v) is 9.59. The molecule has 4 heteroatoms. The van der Waals surface area contributed by atoms with Crippen LogP contribution in [0.3, 0.4) is 0 Å². The maximum absolute atomic E-state index is 10.3. The number of rotatable bonds is 2. The standard InChI is InChI=1S/C13H15N3O/c1-8-6-10(13(15)16-7-8)12(17)9-4-2-3-5-11(9)14/h2-7,12,17H,14H2,1H3,(H2,15,16). The number of aromatic nitrogens is 1. The van der Waals surface area contributed by atoms with Crippen LogP contribution in [-0.2, 0) is 0 Å². The summed E-state index contributed by atoms with van der Waals surface area (Å²) in [4.78, 5) is 4.03. The second kappa shape index (κ2) is 4.43. The van der Waals surface area contributed by atoms with E-state index < -0.39 is 6.10 Å². The number of pyridine rings is 1. The molecule has 17 heavy (non-hydrogen) atoms. The Kier molecular flexibility index (Phi) is 2.97. The molecule has 1 aromatic heterocycles. The van der Waals surface area contributed by atoms with Crippen molar-refractivity contribution in [2.24, 2.45) is 0 Å². The Hall–Kier alpha value is -2.07. The van der Waals surface area contributed by atoms with Crippen molar-refractivity contribution in [2.45, 2.75) is 13.0 Å². The van der Waals surface area contributed by atoms with Crippen LogP contribution in [0.25, 0.3) is 0 Å². The molecule has 2 aromatic rings. The summed E-state index contributed by atoms with van der Waals surface area (Å²) in [5.41, 5.74) is 14.3. The van der Waals surface area contributed by atoms with E-state index in [1.807, 2.05) is 25.1 Å². The molecule has 1 aromatic carbocycles. The third-order valence-electron chi connectivity index (χ3n) is 2.67. The fraction of sp³-hybridized carbons (Fsp3) is 0.154.